The van der Waals surface area contributed by atoms with E-state index in [0.29, 0.717) is 30.0 Å². The summed E-state index contributed by atoms with van der Waals surface area (Å²) in [7, 11) is 0. The van der Waals surface area contributed by atoms with Gasteiger partial charge in [-0.3, -0.25) is 29.0 Å². The molecular formula is C28H27N5O4. The molecule has 37 heavy (non-hydrogen) atoms. The Bertz CT molecular complexity index is 1540. The summed E-state index contributed by atoms with van der Waals surface area (Å²) in [5.74, 6) is -0.615. The molecule has 4 amide bonds. The molecule has 3 aromatic rings. The third kappa shape index (κ3) is 3.00. The molecule has 1 saturated carbocycles. The van der Waals surface area contributed by atoms with Crippen molar-refractivity contribution in [1.29, 1.82) is 0 Å². The number of anilines is 1. The van der Waals surface area contributed by atoms with E-state index in [0.717, 1.165) is 43.2 Å². The van der Waals surface area contributed by atoms with Gasteiger partial charge in [0, 0.05) is 25.2 Å². The number of carbonyl (C=O) groups is 3. The number of amides is 4. The third-order valence-corrected chi connectivity index (χ3v) is 8.67. The lowest BCUT2D eigenvalue weighted by molar-refractivity contribution is -0.156. The molecule has 2 atom stereocenters. The van der Waals surface area contributed by atoms with Crippen LogP contribution in [-0.2, 0) is 22.4 Å². The van der Waals surface area contributed by atoms with E-state index in [2.05, 4.69) is 5.32 Å². The van der Waals surface area contributed by atoms with Gasteiger partial charge in [-0.15, -0.1) is 0 Å². The highest BCUT2D eigenvalue weighted by Gasteiger charge is 2.64. The number of carbonyl (C=O) groups excluding carboxylic acids is 3. The van der Waals surface area contributed by atoms with Crippen LogP contribution in [0.2, 0.25) is 0 Å². The van der Waals surface area contributed by atoms with Gasteiger partial charge in [0.05, 0.1) is 11.6 Å². The van der Waals surface area contributed by atoms with Crippen LogP contribution in [0.15, 0.2) is 53.5 Å². The van der Waals surface area contributed by atoms with Crippen LogP contribution in [0.25, 0.3) is 5.65 Å². The molecule has 3 aliphatic heterocycles. The molecule has 2 fully saturated rings. The van der Waals surface area contributed by atoms with E-state index in [1.165, 1.54) is 9.30 Å². The zero-order chi connectivity index (χ0) is 25.3. The Balaban J connectivity index is 1.49. The summed E-state index contributed by atoms with van der Waals surface area (Å²) in [5.41, 5.74) is 0.832. The fraction of sp³-hybridized carbons (Fsp3) is 0.393. The Morgan fingerprint density at radius 2 is 1.73 bits per heavy atom. The summed E-state index contributed by atoms with van der Waals surface area (Å²) < 4.78 is 1.46. The maximum Gasteiger partial charge on any atom is 0.331 e. The Hall–Kier alpha value is -4.01. The number of imide groups is 2. The van der Waals surface area contributed by atoms with Gasteiger partial charge in [0.15, 0.2) is 5.41 Å². The van der Waals surface area contributed by atoms with E-state index in [1.807, 2.05) is 35.2 Å². The number of hydrogen-bond acceptors (Lipinski definition) is 6. The van der Waals surface area contributed by atoms with E-state index in [4.69, 9.17) is 4.98 Å². The molecule has 1 N–H and O–H groups in total. The Morgan fingerprint density at radius 1 is 0.946 bits per heavy atom. The molecule has 9 nitrogen and oxygen atoms in total. The maximum atomic E-state index is 14.6. The number of aromatic nitrogens is 2. The van der Waals surface area contributed by atoms with Gasteiger partial charge in [-0.25, -0.2) is 9.78 Å². The van der Waals surface area contributed by atoms with Crippen LogP contribution >= 0.6 is 0 Å². The zero-order valence-corrected chi connectivity index (χ0v) is 20.4. The van der Waals surface area contributed by atoms with Crippen molar-refractivity contribution in [2.24, 2.45) is 5.41 Å². The van der Waals surface area contributed by atoms with Gasteiger partial charge in [0.2, 0.25) is 11.8 Å². The second-order valence-corrected chi connectivity index (χ2v) is 10.6. The normalized spacial score (nSPS) is 25.6. The van der Waals surface area contributed by atoms with Crippen LogP contribution in [0.4, 0.5) is 10.6 Å². The molecule has 4 aliphatic rings. The Morgan fingerprint density at radius 3 is 2.57 bits per heavy atom. The zero-order valence-electron chi connectivity index (χ0n) is 20.4. The Labute approximate surface area is 213 Å². The lowest BCUT2D eigenvalue weighted by atomic mass is 9.65. The molecule has 5 heterocycles. The number of nitrogens with zero attached hydrogens (tertiary/aromatic N) is 4. The molecule has 1 aromatic carbocycles. The van der Waals surface area contributed by atoms with Gasteiger partial charge in [-0.2, -0.15) is 0 Å². The van der Waals surface area contributed by atoms with Gasteiger partial charge < -0.3 is 4.90 Å². The number of fused-ring (bicyclic) bond motifs is 7. The van der Waals surface area contributed by atoms with Crippen LogP contribution < -0.4 is 15.8 Å². The lowest BCUT2D eigenvalue weighted by Gasteiger charge is -2.54. The minimum atomic E-state index is -1.65. The largest absolute Gasteiger partial charge is 0.347 e. The highest BCUT2D eigenvalue weighted by molar-refractivity contribution is 6.20. The van der Waals surface area contributed by atoms with Crippen molar-refractivity contribution < 1.29 is 14.4 Å². The third-order valence-electron chi connectivity index (χ3n) is 8.67. The van der Waals surface area contributed by atoms with E-state index in [9.17, 15) is 19.2 Å². The number of nitrogens with one attached hydrogen (secondary N) is 1. The average molecular weight is 498 g/mol. The summed E-state index contributed by atoms with van der Waals surface area (Å²) in [5, 5.41) is 2.54. The molecule has 7 rings (SSSR count). The molecule has 1 spiro atoms. The fourth-order valence-electron chi connectivity index (χ4n) is 6.95. The first-order valence-corrected chi connectivity index (χ1v) is 13.0. The highest BCUT2D eigenvalue weighted by atomic mass is 16.2. The van der Waals surface area contributed by atoms with Crippen molar-refractivity contribution in [2.75, 3.05) is 11.4 Å². The lowest BCUT2D eigenvalue weighted by Crippen LogP contribution is -2.71. The number of urea groups is 1. The second kappa shape index (κ2) is 7.99. The summed E-state index contributed by atoms with van der Waals surface area (Å²) in [6.45, 7) is 0.504. The minimum absolute atomic E-state index is 0.108. The highest BCUT2D eigenvalue weighted by Crippen LogP contribution is 2.53. The van der Waals surface area contributed by atoms with Gasteiger partial charge in [-0.1, -0.05) is 49.6 Å². The topological polar surface area (TPSA) is 104 Å². The fourth-order valence-corrected chi connectivity index (χ4v) is 6.95. The standard InChI is InChI=1S/C28H27N5O4/c34-24-20-16-28(25(35)30-27(37)33(26(28)36)18-9-2-1-3-10-18)22-19-11-5-4-8-17(19)13-15-32(22)23(20)29-21-12-6-7-14-31(21)24/h4-8,11-12,14,18,22H,1-3,9-10,13,15-16H2,(H,30,35,37)/t22-,28+/m0/s1. The number of hydrogen-bond donors (Lipinski definition) is 1. The molecule has 188 valence electrons. The number of pyridine rings is 1. The van der Waals surface area contributed by atoms with Gasteiger partial charge in [-0.05, 0) is 42.5 Å². The van der Waals surface area contributed by atoms with Gasteiger partial charge >= 0.3 is 6.03 Å². The van der Waals surface area contributed by atoms with Gasteiger partial charge in [0.25, 0.3) is 5.56 Å². The van der Waals surface area contributed by atoms with E-state index < -0.39 is 29.3 Å². The molecule has 1 saturated heterocycles. The maximum absolute atomic E-state index is 14.6. The molecule has 0 radical (unpaired) electrons. The minimum Gasteiger partial charge on any atom is -0.347 e. The van der Waals surface area contributed by atoms with Crippen molar-refractivity contribution in [3.05, 3.63) is 75.7 Å². The van der Waals surface area contributed by atoms with Crippen LogP contribution in [0, 0.1) is 5.41 Å². The van der Waals surface area contributed by atoms with E-state index >= 15 is 0 Å². The van der Waals surface area contributed by atoms with Crippen LogP contribution in [0.3, 0.4) is 0 Å². The quantitative estimate of drug-likeness (QED) is 0.519. The summed E-state index contributed by atoms with van der Waals surface area (Å²) in [4.78, 5) is 63.5. The average Bonchev–Trinajstić information content (AvgIpc) is 2.92. The van der Waals surface area contributed by atoms with Crippen molar-refractivity contribution in [2.45, 2.75) is 57.0 Å². The molecule has 2 aromatic heterocycles. The van der Waals surface area contributed by atoms with Crippen molar-refractivity contribution in [3.63, 3.8) is 0 Å². The van der Waals surface area contributed by atoms with Crippen molar-refractivity contribution >= 4 is 29.3 Å². The second-order valence-electron chi connectivity index (χ2n) is 10.6. The number of barbiturate groups is 1. The van der Waals surface area contributed by atoms with Crippen molar-refractivity contribution in [1.82, 2.24) is 19.6 Å². The predicted octanol–water partition coefficient (Wildman–Crippen LogP) is 2.75. The molecular weight excluding hydrogens is 470 g/mol. The smallest absolute Gasteiger partial charge is 0.331 e. The van der Waals surface area contributed by atoms with Crippen LogP contribution in [-0.4, -0.2) is 44.7 Å². The summed E-state index contributed by atoms with van der Waals surface area (Å²) >= 11 is 0. The summed E-state index contributed by atoms with van der Waals surface area (Å²) in [6.07, 6.45) is 6.61. The first-order chi connectivity index (χ1) is 18.0. The molecule has 0 unspecified atom stereocenters. The first-order valence-electron chi connectivity index (χ1n) is 13.0. The first kappa shape index (κ1) is 22.2. The van der Waals surface area contributed by atoms with E-state index in [1.54, 1.807) is 18.3 Å². The summed E-state index contributed by atoms with van der Waals surface area (Å²) in [6, 6.07) is 11.6. The van der Waals surface area contributed by atoms with E-state index in [-0.39, 0.29) is 18.0 Å². The molecule has 0 bridgehead atoms. The van der Waals surface area contributed by atoms with Crippen LogP contribution in [0.1, 0.15) is 54.8 Å². The monoisotopic (exact) mass is 497 g/mol. The number of benzene rings is 1. The van der Waals surface area contributed by atoms with Crippen LogP contribution in [0.5, 0.6) is 0 Å². The van der Waals surface area contributed by atoms with Gasteiger partial charge in [0.1, 0.15) is 11.5 Å². The SMILES string of the molecule is O=C1NC(=O)[C@]2(Cc3c(nc4ccccn4c3=O)N3CCc4ccccc4[C@H]32)C(=O)N1C1CCCCC1. The molecule has 9 heteroatoms. The van der Waals surface area contributed by atoms with Crippen molar-refractivity contribution in [3.8, 4) is 0 Å². The number of rotatable bonds is 1. The molecule has 1 aliphatic carbocycles. The Kier molecular flexibility index (Phi) is 4.80. The predicted molar refractivity (Wildman–Crippen MR) is 135 cm³/mol.